The Bertz CT molecular complexity index is 670. The fourth-order valence-electron chi connectivity index (χ4n) is 1.57. The van der Waals surface area contributed by atoms with Crippen LogP contribution in [-0.4, -0.2) is 32.5 Å². The predicted molar refractivity (Wildman–Crippen MR) is 73.6 cm³/mol. The molecule has 0 amide bonds. The van der Waals surface area contributed by atoms with E-state index in [0.717, 1.165) is 26.4 Å². The van der Waals surface area contributed by atoms with Crippen LogP contribution in [0.4, 0.5) is 23.2 Å². The maximum atomic E-state index is 13.7. The summed E-state index contributed by atoms with van der Waals surface area (Å²) in [5.74, 6) is -4.20. The summed E-state index contributed by atoms with van der Waals surface area (Å²) in [5, 5.41) is 2.40. The van der Waals surface area contributed by atoms with E-state index >= 15 is 0 Å². The molecular formula is C14H13F4NO5. The first-order chi connectivity index (χ1) is 11.1. The lowest BCUT2D eigenvalue weighted by atomic mass is 10.1. The molecule has 0 aliphatic carbocycles. The Hall–Kier alpha value is -2.78. The Labute approximate surface area is 134 Å². The number of hydrogen-bond donors (Lipinski definition) is 1. The first-order valence-corrected chi connectivity index (χ1v) is 6.28. The quantitative estimate of drug-likeness (QED) is 0.500. The van der Waals surface area contributed by atoms with Crippen molar-refractivity contribution in [3.63, 3.8) is 0 Å². The van der Waals surface area contributed by atoms with Crippen molar-refractivity contribution >= 4 is 17.6 Å². The molecule has 0 radical (unpaired) electrons. The molecule has 0 atom stereocenters. The molecule has 1 rings (SSSR count). The highest BCUT2D eigenvalue weighted by Gasteiger charge is 2.32. The zero-order valence-electron chi connectivity index (χ0n) is 12.8. The van der Waals surface area contributed by atoms with Crippen molar-refractivity contribution in [2.45, 2.75) is 13.3 Å². The van der Waals surface area contributed by atoms with E-state index in [2.05, 4.69) is 19.5 Å². The van der Waals surface area contributed by atoms with Crippen molar-refractivity contribution in [1.29, 1.82) is 0 Å². The summed E-state index contributed by atoms with van der Waals surface area (Å²) in [5.41, 5.74) is -0.339. The van der Waals surface area contributed by atoms with Crippen LogP contribution in [0.1, 0.15) is 5.56 Å². The maximum absolute atomic E-state index is 13.7. The zero-order chi connectivity index (χ0) is 18.5. The SMILES string of the molecule is COC(=O)/C=C(/Nc1cc(F)c(OC(F)(F)F)cc1C)C(=O)OC. The van der Waals surface area contributed by atoms with Gasteiger partial charge in [-0.15, -0.1) is 13.2 Å². The Balaban J connectivity index is 3.17. The Morgan fingerprint density at radius 1 is 1.17 bits per heavy atom. The number of esters is 2. The van der Waals surface area contributed by atoms with Gasteiger partial charge in [0.25, 0.3) is 0 Å². The van der Waals surface area contributed by atoms with Gasteiger partial charge in [-0.2, -0.15) is 0 Å². The van der Waals surface area contributed by atoms with E-state index in [0.29, 0.717) is 6.07 Å². The van der Waals surface area contributed by atoms with Crippen LogP contribution in [0.15, 0.2) is 23.9 Å². The van der Waals surface area contributed by atoms with E-state index in [1.807, 2.05) is 0 Å². The molecule has 1 N–H and O–H groups in total. The number of benzene rings is 1. The van der Waals surface area contributed by atoms with Crippen LogP contribution < -0.4 is 10.1 Å². The fraction of sp³-hybridized carbons (Fsp3) is 0.286. The number of anilines is 1. The molecule has 0 aliphatic heterocycles. The first kappa shape index (κ1) is 19.3. The van der Waals surface area contributed by atoms with Crippen molar-refractivity contribution in [3.05, 3.63) is 35.3 Å². The zero-order valence-corrected chi connectivity index (χ0v) is 12.8. The highest BCUT2D eigenvalue weighted by molar-refractivity contribution is 5.98. The molecule has 6 nitrogen and oxygen atoms in total. The minimum atomic E-state index is -5.05. The molecule has 0 saturated carbocycles. The summed E-state index contributed by atoms with van der Waals surface area (Å²) in [4.78, 5) is 22.8. The largest absolute Gasteiger partial charge is 0.573 e. The molecule has 0 aromatic heterocycles. The molecule has 132 valence electrons. The van der Waals surface area contributed by atoms with Gasteiger partial charge in [0, 0.05) is 11.8 Å². The molecule has 0 saturated heterocycles. The van der Waals surface area contributed by atoms with E-state index in [4.69, 9.17) is 0 Å². The number of alkyl halides is 3. The third-order valence-electron chi connectivity index (χ3n) is 2.64. The Kier molecular flexibility index (Phi) is 6.15. The fourth-order valence-corrected chi connectivity index (χ4v) is 1.57. The summed E-state index contributed by atoms with van der Waals surface area (Å²) >= 11 is 0. The number of carbonyl (C=O) groups excluding carboxylic acids is 2. The van der Waals surface area contributed by atoms with E-state index in [9.17, 15) is 27.2 Å². The molecule has 0 bridgehead atoms. The van der Waals surface area contributed by atoms with Gasteiger partial charge in [-0.25, -0.2) is 14.0 Å². The predicted octanol–water partition coefficient (Wildman–Crippen LogP) is 2.67. The second-order valence-corrected chi connectivity index (χ2v) is 4.34. The number of nitrogens with one attached hydrogen (secondary N) is 1. The molecule has 0 aliphatic rings. The monoisotopic (exact) mass is 351 g/mol. The second kappa shape index (κ2) is 7.66. The van der Waals surface area contributed by atoms with Crippen LogP contribution in [0.3, 0.4) is 0 Å². The summed E-state index contributed by atoms with van der Waals surface area (Å²) in [6.07, 6.45) is -4.30. The average molecular weight is 351 g/mol. The Morgan fingerprint density at radius 2 is 1.79 bits per heavy atom. The number of ether oxygens (including phenoxy) is 3. The van der Waals surface area contributed by atoms with Gasteiger partial charge < -0.3 is 19.5 Å². The number of carbonyl (C=O) groups is 2. The smallest absolute Gasteiger partial charge is 0.466 e. The van der Waals surface area contributed by atoms with Crippen molar-refractivity contribution in [3.8, 4) is 5.75 Å². The lowest BCUT2D eigenvalue weighted by Crippen LogP contribution is -2.19. The second-order valence-electron chi connectivity index (χ2n) is 4.34. The van der Waals surface area contributed by atoms with Gasteiger partial charge in [-0.05, 0) is 18.6 Å². The average Bonchev–Trinajstić information content (AvgIpc) is 2.48. The van der Waals surface area contributed by atoms with Crippen LogP contribution in [0.5, 0.6) is 5.75 Å². The van der Waals surface area contributed by atoms with Gasteiger partial charge in [-0.1, -0.05) is 0 Å². The molecule has 1 aromatic rings. The van der Waals surface area contributed by atoms with Crippen LogP contribution >= 0.6 is 0 Å². The third-order valence-corrected chi connectivity index (χ3v) is 2.64. The summed E-state index contributed by atoms with van der Waals surface area (Å²) in [7, 11) is 2.12. The van der Waals surface area contributed by atoms with Crippen molar-refractivity contribution in [2.75, 3.05) is 19.5 Å². The van der Waals surface area contributed by atoms with Crippen LogP contribution in [0, 0.1) is 12.7 Å². The van der Waals surface area contributed by atoms with Gasteiger partial charge in [-0.3, -0.25) is 0 Å². The minimum Gasteiger partial charge on any atom is -0.466 e. The topological polar surface area (TPSA) is 73.9 Å². The molecule has 0 fully saturated rings. The van der Waals surface area contributed by atoms with Gasteiger partial charge in [0.15, 0.2) is 11.6 Å². The number of rotatable bonds is 5. The van der Waals surface area contributed by atoms with Crippen molar-refractivity contribution in [1.82, 2.24) is 0 Å². The summed E-state index contributed by atoms with van der Waals surface area (Å²) in [6, 6.07) is 1.47. The highest BCUT2D eigenvalue weighted by Crippen LogP contribution is 2.30. The normalized spacial score (nSPS) is 11.7. The molecule has 0 spiro atoms. The van der Waals surface area contributed by atoms with Gasteiger partial charge in [0.1, 0.15) is 5.70 Å². The summed E-state index contributed by atoms with van der Waals surface area (Å²) in [6.45, 7) is 1.35. The molecular weight excluding hydrogens is 338 g/mol. The molecule has 10 heteroatoms. The van der Waals surface area contributed by atoms with Crippen molar-refractivity contribution in [2.24, 2.45) is 0 Å². The van der Waals surface area contributed by atoms with Gasteiger partial charge >= 0.3 is 18.3 Å². The van der Waals surface area contributed by atoms with E-state index in [1.54, 1.807) is 0 Å². The maximum Gasteiger partial charge on any atom is 0.573 e. The van der Waals surface area contributed by atoms with Crippen LogP contribution in [0.25, 0.3) is 0 Å². The number of methoxy groups -OCH3 is 2. The van der Waals surface area contributed by atoms with E-state index in [1.165, 1.54) is 6.92 Å². The minimum absolute atomic E-state index is 0.0671. The first-order valence-electron chi connectivity index (χ1n) is 6.28. The lowest BCUT2D eigenvalue weighted by molar-refractivity contribution is -0.275. The molecule has 0 heterocycles. The standard InChI is InChI=1S/C14H13F4NO5/c1-7-4-11(24-14(16,17)18)8(15)5-9(7)19-10(13(21)23-3)6-12(20)22-2/h4-6,19H,1-3H3/b10-6+. The van der Waals surface area contributed by atoms with E-state index in [-0.39, 0.29) is 11.3 Å². The summed E-state index contributed by atoms with van der Waals surface area (Å²) < 4.78 is 62.6. The van der Waals surface area contributed by atoms with Crippen LogP contribution in [0.2, 0.25) is 0 Å². The molecule has 1 aromatic carbocycles. The highest BCUT2D eigenvalue weighted by atomic mass is 19.4. The van der Waals surface area contributed by atoms with Crippen LogP contribution in [-0.2, 0) is 19.1 Å². The Morgan fingerprint density at radius 3 is 2.29 bits per heavy atom. The number of aryl methyl sites for hydroxylation is 1. The molecule has 0 unspecified atom stereocenters. The third kappa shape index (κ3) is 5.45. The lowest BCUT2D eigenvalue weighted by Gasteiger charge is -2.15. The molecule has 24 heavy (non-hydrogen) atoms. The van der Waals surface area contributed by atoms with Gasteiger partial charge in [0.2, 0.25) is 0 Å². The van der Waals surface area contributed by atoms with Crippen molar-refractivity contribution < 1.29 is 41.4 Å². The van der Waals surface area contributed by atoms with Gasteiger partial charge in [0.05, 0.1) is 20.3 Å². The number of halogens is 4. The van der Waals surface area contributed by atoms with E-state index < -0.39 is 35.6 Å². The number of hydrogen-bond acceptors (Lipinski definition) is 6.